The monoisotopic (exact) mass is 335 g/mol. The van der Waals surface area contributed by atoms with Crippen LogP contribution in [0, 0.1) is 6.92 Å². The average Bonchev–Trinajstić information content (AvgIpc) is 2.96. The second-order valence-electron chi connectivity index (χ2n) is 4.61. The van der Waals surface area contributed by atoms with E-state index in [1.54, 1.807) is 0 Å². The second kappa shape index (κ2) is 6.85. The van der Waals surface area contributed by atoms with Crippen molar-refractivity contribution >= 4 is 22.7 Å². The first kappa shape index (κ1) is 16.4. The van der Waals surface area contributed by atoms with Crippen molar-refractivity contribution in [2.75, 3.05) is 6.54 Å². The third-order valence-electron chi connectivity index (χ3n) is 2.69. The summed E-state index contributed by atoms with van der Waals surface area (Å²) in [7, 11) is 0. The van der Waals surface area contributed by atoms with Crippen molar-refractivity contribution in [1.29, 1.82) is 0 Å². The van der Waals surface area contributed by atoms with Crippen molar-refractivity contribution in [3.63, 3.8) is 0 Å². The van der Waals surface area contributed by atoms with Crippen LogP contribution in [0.5, 0.6) is 0 Å². The summed E-state index contributed by atoms with van der Waals surface area (Å²) in [5.41, 5.74) is 0.117. The zero-order valence-electron chi connectivity index (χ0n) is 11.8. The maximum absolute atomic E-state index is 13.0. The van der Waals surface area contributed by atoms with Gasteiger partial charge in [0, 0.05) is 17.6 Å². The van der Waals surface area contributed by atoms with Crippen molar-refractivity contribution < 1.29 is 13.2 Å². The molecule has 0 spiro atoms. The number of thiazole rings is 2. The van der Waals surface area contributed by atoms with Crippen LogP contribution < -0.4 is 5.32 Å². The van der Waals surface area contributed by atoms with E-state index in [0.717, 1.165) is 28.5 Å². The van der Waals surface area contributed by atoms with Gasteiger partial charge in [-0.3, -0.25) is 0 Å². The van der Waals surface area contributed by atoms with Crippen molar-refractivity contribution in [3.8, 4) is 0 Å². The molecule has 0 aliphatic heterocycles. The molecule has 0 aliphatic rings. The molecule has 0 atom stereocenters. The molecule has 0 radical (unpaired) electrons. The molecule has 21 heavy (non-hydrogen) atoms. The highest BCUT2D eigenvalue weighted by atomic mass is 32.1. The number of nitrogens with one attached hydrogen (secondary N) is 1. The van der Waals surface area contributed by atoms with E-state index in [9.17, 15) is 13.2 Å². The largest absolute Gasteiger partial charge is 0.434 e. The lowest BCUT2D eigenvalue weighted by Gasteiger charge is -2.06. The highest BCUT2D eigenvalue weighted by Crippen LogP contribution is 2.35. The van der Waals surface area contributed by atoms with E-state index in [0.29, 0.717) is 18.0 Å². The summed E-state index contributed by atoms with van der Waals surface area (Å²) in [6.45, 7) is 4.73. The summed E-state index contributed by atoms with van der Waals surface area (Å²) in [6, 6.07) is 0. The van der Waals surface area contributed by atoms with Crippen molar-refractivity contribution in [2.24, 2.45) is 0 Å². The van der Waals surface area contributed by atoms with Crippen LogP contribution in [0.15, 0.2) is 5.38 Å². The van der Waals surface area contributed by atoms with Gasteiger partial charge in [0.25, 0.3) is 0 Å². The SMILES string of the molecule is CCCNCc1sc(Cc2nc(C)cs2)nc1C(F)(F)F. The summed E-state index contributed by atoms with van der Waals surface area (Å²) < 4.78 is 39.1. The fourth-order valence-corrected chi connectivity index (χ4v) is 3.74. The van der Waals surface area contributed by atoms with E-state index in [1.165, 1.54) is 11.3 Å². The fraction of sp³-hybridized carbons (Fsp3) is 0.538. The van der Waals surface area contributed by atoms with Crippen LogP contribution in [-0.2, 0) is 19.1 Å². The van der Waals surface area contributed by atoms with Gasteiger partial charge in [-0.2, -0.15) is 13.2 Å². The smallest absolute Gasteiger partial charge is 0.312 e. The molecule has 2 aromatic rings. The van der Waals surface area contributed by atoms with E-state index in [1.807, 2.05) is 19.2 Å². The first-order valence-corrected chi connectivity index (χ1v) is 8.27. The fourth-order valence-electron chi connectivity index (χ4n) is 1.81. The quantitative estimate of drug-likeness (QED) is 0.810. The van der Waals surface area contributed by atoms with Crippen LogP contribution in [0.1, 0.15) is 39.6 Å². The topological polar surface area (TPSA) is 37.8 Å². The lowest BCUT2D eigenvalue weighted by atomic mass is 10.3. The minimum Gasteiger partial charge on any atom is -0.312 e. The Morgan fingerprint density at radius 2 is 2.00 bits per heavy atom. The normalized spacial score (nSPS) is 12.0. The Morgan fingerprint density at radius 3 is 2.57 bits per heavy atom. The van der Waals surface area contributed by atoms with Crippen LogP contribution in [0.4, 0.5) is 13.2 Å². The van der Waals surface area contributed by atoms with Gasteiger partial charge < -0.3 is 5.32 Å². The van der Waals surface area contributed by atoms with Crippen molar-refractivity contribution in [3.05, 3.63) is 31.7 Å². The lowest BCUT2D eigenvalue weighted by molar-refractivity contribution is -0.141. The first-order valence-electron chi connectivity index (χ1n) is 6.57. The van der Waals surface area contributed by atoms with Gasteiger partial charge in [0.05, 0.1) is 16.3 Å². The van der Waals surface area contributed by atoms with Crippen LogP contribution >= 0.6 is 22.7 Å². The molecule has 1 N–H and O–H groups in total. The third-order valence-corrected chi connectivity index (χ3v) is 4.71. The number of hydrogen-bond acceptors (Lipinski definition) is 5. The van der Waals surface area contributed by atoms with Crippen molar-refractivity contribution in [1.82, 2.24) is 15.3 Å². The molecule has 0 fully saturated rings. The standard InChI is InChI=1S/C13H16F3N3S2/c1-3-4-17-6-9-12(13(14,15)16)19-11(21-9)5-10-18-8(2)7-20-10/h7,17H,3-6H2,1-2H3. The summed E-state index contributed by atoms with van der Waals surface area (Å²) in [5.74, 6) is 0. The Labute approximate surface area is 129 Å². The molecule has 116 valence electrons. The Hall–Kier alpha value is -0.990. The van der Waals surface area contributed by atoms with Gasteiger partial charge in [0.1, 0.15) is 5.01 Å². The Kier molecular flexibility index (Phi) is 5.34. The van der Waals surface area contributed by atoms with Crippen LogP contribution in [0.2, 0.25) is 0 Å². The zero-order valence-corrected chi connectivity index (χ0v) is 13.4. The minimum atomic E-state index is -4.41. The molecule has 2 heterocycles. The molecule has 0 amide bonds. The number of nitrogens with zero attached hydrogens (tertiary/aromatic N) is 2. The van der Waals surface area contributed by atoms with E-state index in [-0.39, 0.29) is 11.4 Å². The van der Waals surface area contributed by atoms with Gasteiger partial charge in [-0.25, -0.2) is 9.97 Å². The molecule has 2 rings (SSSR count). The third kappa shape index (κ3) is 4.49. The van der Waals surface area contributed by atoms with Crippen LogP contribution in [0.3, 0.4) is 0 Å². The molecule has 0 aromatic carbocycles. The molecule has 0 unspecified atom stereocenters. The zero-order chi connectivity index (χ0) is 15.5. The molecule has 0 aliphatic carbocycles. The molecule has 0 bridgehead atoms. The minimum absolute atomic E-state index is 0.206. The summed E-state index contributed by atoms with van der Waals surface area (Å²) >= 11 is 2.56. The van der Waals surface area contributed by atoms with Crippen LogP contribution in [0.25, 0.3) is 0 Å². The number of aromatic nitrogens is 2. The summed E-state index contributed by atoms with van der Waals surface area (Å²) in [4.78, 5) is 8.31. The first-order chi connectivity index (χ1) is 9.90. The highest BCUT2D eigenvalue weighted by Gasteiger charge is 2.37. The summed E-state index contributed by atoms with van der Waals surface area (Å²) in [6.07, 6.45) is -3.16. The van der Waals surface area contributed by atoms with Gasteiger partial charge in [-0.05, 0) is 19.9 Å². The molecule has 0 saturated carbocycles. The molecule has 8 heteroatoms. The van der Waals surface area contributed by atoms with Gasteiger partial charge in [0.15, 0.2) is 5.69 Å². The molecule has 0 saturated heterocycles. The number of hydrogen-bond donors (Lipinski definition) is 1. The van der Waals surface area contributed by atoms with Crippen LogP contribution in [-0.4, -0.2) is 16.5 Å². The van der Waals surface area contributed by atoms with Gasteiger partial charge in [-0.15, -0.1) is 22.7 Å². The van der Waals surface area contributed by atoms with E-state index in [2.05, 4.69) is 15.3 Å². The Morgan fingerprint density at radius 1 is 1.24 bits per heavy atom. The highest BCUT2D eigenvalue weighted by molar-refractivity contribution is 7.12. The Bertz CT molecular complexity index is 590. The maximum Gasteiger partial charge on any atom is 0.434 e. The number of rotatable bonds is 6. The average molecular weight is 335 g/mol. The van der Waals surface area contributed by atoms with E-state index in [4.69, 9.17) is 0 Å². The Balaban J connectivity index is 2.18. The second-order valence-corrected chi connectivity index (χ2v) is 6.72. The molecular weight excluding hydrogens is 319 g/mol. The van der Waals surface area contributed by atoms with E-state index >= 15 is 0 Å². The van der Waals surface area contributed by atoms with Gasteiger partial charge >= 0.3 is 6.18 Å². The lowest BCUT2D eigenvalue weighted by Crippen LogP contribution is -2.17. The predicted octanol–water partition coefficient (Wildman–Crippen LogP) is 4.02. The molecule has 2 aromatic heterocycles. The maximum atomic E-state index is 13.0. The number of halogens is 3. The summed E-state index contributed by atoms with van der Waals surface area (Å²) in [5, 5.41) is 6.15. The number of alkyl halides is 3. The van der Waals surface area contributed by atoms with E-state index < -0.39 is 11.9 Å². The molecular formula is C13H16F3N3S2. The van der Waals surface area contributed by atoms with Gasteiger partial charge in [0.2, 0.25) is 0 Å². The molecule has 3 nitrogen and oxygen atoms in total. The number of aryl methyl sites for hydroxylation is 1. The van der Waals surface area contributed by atoms with Crippen molar-refractivity contribution in [2.45, 2.75) is 39.4 Å². The van der Waals surface area contributed by atoms with Gasteiger partial charge in [-0.1, -0.05) is 6.92 Å². The predicted molar refractivity (Wildman–Crippen MR) is 78.8 cm³/mol.